The Hall–Kier alpha value is -5.53. The van der Waals surface area contributed by atoms with Gasteiger partial charge in [-0.15, -0.1) is 0 Å². The number of benzene rings is 3. The van der Waals surface area contributed by atoms with Crippen molar-refractivity contribution in [3.8, 4) is 11.6 Å². The van der Waals surface area contributed by atoms with Crippen LogP contribution in [0.2, 0.25) is 0 Å². The fourth-order valence-electron chi connectivity index (χ4n) is 5.67. The molecule has 12 nitrogen and oxygen atoms in total. The highest BCUT2D eigenvalue weighted by Crippen LogP contribution is 2.34. The molecule has 3 aromatic carbocycles. The van der Waals surface area contributed by atoms with Gasteiger partial charge in [-0.1, -0.05) is 18.9 Å². The molecule has 0 spiro atoms. The number of rotatable bonds is 9. The molecule has 2 atom stereocenters. The van der Waals surface area contributed by atoms with E-state index in [1.807, 2.05) is 6.07 Å². The third-order valence-electron chi connectivity index (χ3n) is 7.88. The monoisotopic (exact) mass is 639 g/mol. The van der Waals surface area contributed by atoms with Crippen molar-refractivity contribution in [1.82, 2.24) is 14.9 Å². The highest BCUT2D eigenvalue weighted by molar-refractivity contribution is 6.05. The molecule has 5 N–H and O–H groups in total. The van der Waals surface area contributed by atoms with Crippen molar-refractivity contribution in [2.24, 2.45) is 0 Å². The van der Waals surface area contributed by atoms with Crippen LogP contribution in [0.4, 0.5) is 33.1 Å². The Balaban J connectivity index is 1.14. The topological polar surface area (TPSA) is 152 Å². The van der Waals surface area contributed by atoms with Gasteiger partial charge in [0.2, 0.25) is 24.1 Å². The second-order valence-corrected chi connectivity index (χ2v) is 11.3. The van der Waals surface area contributed by atoms with Crippen molar-refractivity contribution in [1.29, 1.82) is 0 Å². The first-order chi connectivity index (χ1) is 22.7. The third kappa shape index (κ3) is 7.48. The second-order valence-electron chi connectivity index (χ2n) is 11.3. The van der Waals surface area contributed by atoms with Crippen molar-refractivity contribution >= 4 is 40.5 Å². The number of aliphatic hydroxyl groups is 2. The van der Waals surface area contributed by atoms with Gasteiger partial charge in [0.25, 0.3) is 5.91 Å². The molecule has 6 rings (SSSR count). The normalized spacial score (nSPS) is 18.0. The largest absolute Gasteiger partial charge is 0.439 e. The molecule has 2 unspecified atom stereocenters. The van der Waals surface area contributed by atoms with Crippen molar-refractivity contribution < 1.29 is 28.9 Å². The first-order valence-electron chi connectivity index (χ1n) is 15.2. The minimum atomic E-state index is -1.48. The summed E-state index contributed by atoms with van der Waals surface area (Å²) in [6.45, 7) is 1.43. The van der Waals surface area contributed by atoms with Crippen molar-refractivity contribution in [2.45, 2.75) is 51.2 Å². The third-order valence-corrected chi connectivity index (χ3v) is 7.88. The molecule has 1 aliphatic heterocycles. The summed E-state index contributed by atoms with van der Waals surface area (Å²) in [6, 6.07) is 20.7. The Kier molecular flexibility index (Phi) is 9.27. The number of hydrogen-bond donors (Lipinski definition) is 5. The molecular weight excluding hydrogens is 605 g/mol. The molecule has 242 valence electrons. The maximum Gasteiger partial charge on any atom is 0.257 e. The molecule has 0 bridgehead atoms. The molecule has 13 heteroatoms. The number of hydrogen-bond acceptors (Lipinski definition) is 10. The maximum absolute atomic E-state index is 13.7. The minimum absolute atomic E-state index is 0.00824. The van der Waals surface area contributed by atoms with Crippen LogP contribution in [-0.4, -0.2) is 55.5 Å². The lowest BCUT2D eigenvalue weighted by Crippen LogP contribution is -2.59. The first kappa shape index (κ1) is 31.5. The Labute approximate surface area is 270 Å². The number of ether oxygens (including phenoxy) is 1. The first-order valence-corrected chi connectivity index (χ1v) is 15.2. The van der Waals surface area contributed by atoms with E-state index >= 15 is 0 Å². The number of aromatic nitrogens is 2. The lowest BCUT2D eigenvalue weighted by atomic mass is 10.1. The molecule has 0 saturated heterocycles. The molecule has 2 aliphatic rings. The zero-order chi connectivity index (χ0) is 32.9. The van der Waals surface area contributed by atoms with Crippen LogP contribution in [0, 0.1) is 5.82 Å². The van der Waals surface area contributed by atoms with Crippen LogP contribution in [-0.2, 0) is 9.59 Å². The van der Waals surface area contributed by atoms with Crippen LogP contribution >= 0.6 is 0 Å². The van der Waals surface area contributed by atoms with Crippen LogP contribution in [0.1, 0.15) is 32.6 Å². The highest BCUT2D eigenvalue weighted by atomic mass is 19.1. The lowest BCUT2D eigenvalue weighted by Gasteiger charge is -2.46. The summed E-state index contributed by atoms with van der Waals surface area (Å²) < 4.78 is 19.6. The summed E-state index contributed by atoms with van der Waals surface area (Å²) in [4.78, 5) is 36.5. The lowest BCUT2D eigenvalue weighted by molar-refractivity contribution is -0.115. The van der Waals surface area contributed by atoms with Crippen LogP contribution in [0.5, 0.6) is 11.6 Å². The van der Waals surface area contributed by atoms with Gasteiger partial charge in [-0.05, 0) is 79.6 Å². The van der Waals surface area contributed by atoms with Crippen molar-refractivity contribution in [2.75, 3.05) is 20.9 Å². The van der Waals surface area contributed by atoms with Crippen LogP contribution < -0.4 is 25.6 Å². The molecular formula is C34H34FN7O5. The SMILES string of the molecule is CC(=O)Nc1cccc(Nc2nccc(Oc3ccc(NC(=O)C4=CN(C5CCCC5)C(O)N(c5ccc(F)cc5)C4O)cc3)n2)c1. The van der Waals surface area contributed by atoms with Crippen LogP contribution in [0.3, 0.4) is 0 Å². The molecule has 0 radical (unpaired) electrons. The van der Waals surface area contributed by atoms with E-state index in [-0.39, 0.29) is 29.4 Å². The van der Waals surface area contributed by atoms with Gasteiger partial charge < -0.3 is 35.8 Å². The van der Waals surface area contributed by atoms with Crippen LogP contribution in [0.15, 0.2) is 96.8 Å². The number of aliphatic hydroxyl groups excluding tert-OH is 2. The summed E-state index contributed by atoms with van der Waals surface area (Å²) >= 11 is 0. The number of carbonyl (C=O) groups is 2. The fourth-order valence-corrected chi connectivity index (χ4v) is 5.67. The number of nitrogens with zero attached hydrogens (tertiary/aromatic N) is 4. The fraction of sp³-hybridized carbons (Fsp3) is 0.235. The van der Waals surface area contributed by atoms with Gasteiger partial charge in [0, 0.05) is 54.2 Å². The van der Waals surface area contributed by atoms with Crippen LogP contribution in [0.25, 0.3) is 0 Å². The summed E-state index contributed by atoms with van der Waals surface area (Å²) in [5.74, 6) is -0.165. The van der Waals surface area contributed by atoms with E-state index in [1.165, 1.54) is 42.3 Å². The van der Waals surface area contributed by atoms with E-state index in [9.17, 15) is 24.2 Å². The Morgan fingerprint density at radius 3 is 2.36 bits per heavy atom. The van der Waals surface area contributed by atoms with Gasteiger partial charge >= 0.3 is 0 Å². The van der Waals surface area contributed by atoms with E-state index in [1.54, 1.807) is 59.6 Å². The molecule has 1 fully saturated rings. The number of anilines is 5. The Morgan fingerprint density at radius 1 is 0.915 bits per heavy atom. The minimum Gasteiger partial charge on any atom is -0.439 e. The number of amides is 2. The van der Waals surface area contributed by atoms with Gasteiger partial charge in [-0.3, -0.25) is 14.5 Å². The summed E-state index contributed by atoms with van der Waals surface area (Å²) in [5.41, 5.74) is 2.16. The highest BCUT2D eigenvalue weighted by Gasteiger charge is 2.40. The standard InChI is InChI=1S/C34H34FN7O5/c1-21(43)37-24-5-4-6-25(19-24)39-33-36-18-17-30(40-33)47-28-15-11-23(12-16-28)38-31(44)29-20-41(26-7-2-3-8-26)34(46)42(32(29)45)27-13-9-22(35)10-14-27/h4-6,9-20,26,32,34,45-46H,2-3,7-8H2,1H3,(H,37,43)(H,38,44)(H,36,39,40). The summed E-state index contributed by atoms with van der Waals surface area (Å²) in [5, 5.41) is 31.1. The Bertz CT molecular complexity index is 1760. The molecule has 1 aliphatic carbocycles. The average molecular weight is 640 g/mol. The molecule has 2 heterocycles. The number of carbonyl (C=O) groups excluding carboxylic acids is 2. The van der Waals surface area contributed by atoms with E-state index in [2.05, 4.69) is 25.9 Å². The average Bonchev–Trinajstić information content (AvgIpc) is 3.58. The van der Waals surface area contributed by atoms with Gasteiger partial charge in [0.05, 0.1) is 5.57 Å². The zero-order valence-corrected chi connectivity index (χ0v) is 25.5. The van der Waals surface area contributed by atoms with E-state index in [0.29, 0.717) is 28.5 Å². The van der Waals surface area contributed by atoms with Crippen molar-refractivity contribution in [3.63, 3.8) is 0 Å². The maximum atomic E-state index is 13.7. The predicted octanol–water partition coefficient (Wildman–Crippen LogP) is 5.29. The smallest absolute Gasteiger partial charge is 0.257 e. The number of halogens is 1. The summed E-state index contributed by atoms with van der Waals surface area (Å²) in [6.07, 6.45) is 4.02. The van der Waals surface area contributed by atoms with Gasteiger partial charge in [-0.2, -0.15) is 4.98 Å². The predicted molar refractivity (Wildman–Crippen MR) is 174 cm³/mol. The number of nitrogens with one attached hydrogen (secondary N) is 3. The summed E-state index contributed by atoms with van der Waals surface area (Å²) in [7, 11) is 0. The molecule has 47 heavy (non-hydrogen) atoms. The molecule has 2 amide bonds. The molecule has 1 aromatic heterocycles. The quantitative estimate of drug-likeness (QED) is 0.163. The second kappa shape index (κ2) is 13.8. The van der Waals surface area contributed by atoms with E-state index in [0.717, 1.165) is 25.7 Å². The van der Waals surface area contributed by atoms with Gasteiger partial charge in [0.15, 0.2) is 6.23 Å². The Morgan fingerprint density at radius 2 is 1.64 bits per heavy atom. The molecule has 1 saturated carbocycles. The molecule has 4 aromatic rings. The zero-order valence-electron chi connectivity index (χ0n) is 25.5. The van der Waals surface area contributed by atoms with E-state index < -0.39 is 24.3 Å². The van der Waals surface area contributed by atoms with Gasteiger partial charge in [0.1, 0.15) is 11.6 Å². The van der Waals surface area contributed by atoms with E-state index in [4.69, 9.17) is 4.74 Å². The van der Waals surface area contributed by atoms with Crippen molar-refractivity contribution in [3.05, 3.63) is 103 Å². The van der Waals surface area contributed by atoms with Gasteiger partial charge in [-0.25, -0.2) is 9.37 Å².